The molecule has 0 aromatic carbocycles. The highest BCUT2D eigenvalue weighted by Crippen LogP contribution is 2.25. The zero-order valence-corrected chi connectivity index (χ0v) is 11.4. The molecule has 2 heterocycles. The lowest BCUT2D eigenvalue weighted by Crippen LogP contribution is -2.58. The van der Waals surface area contributed by atoms with E-state index in [1.807, 2.05) is 4.90 Å². The van der Waals surface area contributed by atoms with Gasteiger partial charge in [-0.05, 0) is 33.2 Å². The number of amides is 1. The van der Waals surface area contributed by atoms with E-state index in [1.54, 1.807) is 6.92 Å². The molecule has 96 valence electrons. The summed E-state index contributed by atoms with van der Waals surface area (Å²) in [5.41, 5.74) is 5.57. The fourth-order valence-corrected chi connectivity index (χ4v) is 2.97. The van der Waals surface area contributed by atoms with Gasteiger partial charge in [0.25, 0.3) is 0 Å². The molecule has 2 saturated heterocycles. The van der Waals surface area contributed by atoms with Crippen LogP contribution >= 0.6 is 12.2 Å². The van der Waals surface area contributed by atoms with Crippen LogP contribution in [0.4, 0.5) is 0 Å². The summed E-state index contributed by atoms with van der Waals surface area (Å²) >= 11 is 4.92. The van der Waals surface area contributed by atoms with Crippen LogP contribution in [0.1, 0.15) is 26.7 Å². The van der Waals surface area contributed by atoms with E-state index in [-0.39, 0.29) is 17.9 Å². The lowest BCUT2D eigenvalue weighted by molar-refractivity contribution is -0.138. The normalized spacial score (nSPS) is 31.1. The van der Waals surface area contributed by atoms with Gasteiger partial charge in [0, 0.05) is 25.2 Å². The van der Waals surface area contributed by atoms with Crippen LogP contribution < -0.4 is 5.73 Å². The summed E-state index contributed by atoms with van der Waals surface area (Å²) in [5, 5.41) is 0. The van der Waals surface area contributed by atoms with Gasteiger partial charge < -0.3 is 10.6 Å². The van der Waals surface area contributed by atoms with Gasteiger partial charge >= 0.3 is 0 Å². The first-order chi connectivity index (χ1) is 8.00. The van der Waals surface area contributed by atoms with Gasteiger partial charge in [0.05, 0.1) is 10.9 Å². The number of rotatable bonds is 2. The molecule has 0 aromatic rings. The molecule has 2 fully saturated rings. The second kappa shape index (κ2) is 4.90. The first-order valence-electron chi connectivity index (χ1n) is 6.34. The molecule has 0 aromatic heterocycles. The number of hydrogen-bond acceptors (Lipinski definition) is 3. The molecule has 4 nitrogen and oxygen atoms in total. The Kier molecular flexibility index (Phi) is 3.68. The highest BCUT2D eigenvalue weighted by atomic mass is 32.1. The maximum atomic E-state index is 12.3. The van der Waals surface area contributed by atoms with Crippen molar-refractivity contribution >= 4 is 23.1 Å². The van der Waals surface area contributed by atoms with Gasteiger partial charge in [0.1, 0.15) is 0 Å². The molecule has 1 amide bonds. The summed E-state index contributed by atoms with van der Waals surface area (Å²) in [4.78, 5) is 17.0. The lowest BCUT2D eigenvalue weighted by Gasteiger charge is -2.43. The van der Waals surface area contributed by atoms with Gasteiger partial charge in [0.2, 0.25) is 5.91 Å². The Bertz CT molecular complexity index is 334. The van der Waals surface area contributed by atoms with Crippen LogP contribution in [-0.4, -0.2) is 52.4 Å². The minimum Gasteiger partial charge on any atom is -0.393 e. The van der Waals surface area contributed by atoms with E-state index in [0.29, 0.717) is 11.0 Å². The van der Waals surface area contributed by atoms with Gasteiger partial charge in [0.15, 0.2) is 0 Å². The molecule has 0 bridgehead atoms. The van der Waals surface area contributed by atoms with E-state index in [0.717, 1.165) is 13.1 Å². The van der Waals surface area contributed by atoms with E-state index in [4.69, 9.17) is 18.0 Å². The van der Waals surface area contributed by atoms with Crippen LogP contribution in [-0.2, 0) is 4.79 Å². The third-order valence-corrected chi connectivity index (χ3v) is 4.37. The first kappa shape index (κ1) is 12.8. The van der Waals surface area contributed by atoms with E-state index < -0.39 is 0 Å². The molecule has 0 saturated carbocycles. The number of piperazine rings is 1. The predicted molar refractivity (Wildman–Crippen MR) is 71.7 cm³/mol. The van der Waals surface area contributed by atoms with E-state index >= 15 is 0 Å². The van der Waals surface area contributed by atoms with Gasteiger partial charge in [-0.3, -0.25) is 9.69 Å². The summed E-state index contributed by atoms with van der Waals surface area (Å²) in [6.07, 6.45) is 2.46. The first-order valence-corrected chi connectivity index (χ1v) is 6.75. The Balaban J connectivity index is 2.05. The molecule has 0 radical (unpaired) electrons. The number of hydrogen-bond donors (Lipinski definition) is 1. The molecule has 3 atom stereocenters. The Morgan fingerprint density at radius 2 is 2.18 bits per heavy atom. The molecule has 17 heavy (non-hydrogen) atoms. The van der Waals surface area contributed by atoms with Crippen LogP contribution in [0.3, 0.4) is 0 Å². The van der Waals surface area contributed by atoms with Gasteiger partial charge in [-0.15, -0.1) is 0 Å². The number of carbonyl (C=O) groups is 1. The van der Waals surface area contributed by atoms with Crippen LogP contribution in [0.2, 0.25) is 0 Å². The lowest BCUT2D eigenvalue weighted by atomic mass is 10.0. The molecule has 2 aliphatic heterocycles. The number of fused-ring (bicyclic) bond motifs is 1. The predicted octanol–water partition coefficient (Wildman–Crippen LogP) is 0.604. The van der Waals surface area contributed by atoms with Crippen molar-refractivity contribution in [3.8, 4) is 0 Å². The average molecular weight is 255 g/mol. The second-order valence-electron chi connectivity index (χ2n) is 5.25. The zero-order chi connectivity index (χ0) is 12.6. The molecule has 0 spiro atoms. The Labute approximate surface area is 108 Å². The van der Waals surface area contributed by atoms with Crippen LogP contribution in [0.25, 0.3) is 0 Å². The van der Waals surface area contributed by atoms with Crippen LogP contribution in [0.15, 0.2) is 0 Å². The summed E-state index contributed by atoms with van der Waals surface area (Å²) in [7, 11) is 0. The average Bonchev–Trinajstić information content (AvgIpc) is 2.72. The monoisotopic (exact) mass is 255 g/mol. The fraction of sp³-hybridized carbons (Fsp3) is 0.833. The van der Waals surface area contributed by atoms with Crippen molar-refractivity contribution in [3.63, 3.8) is 0 Å². The minimum absolute atomic E-state index is 0.0940. The fourth-order valence-electron chi connectivity index (χ4n) is 2.86. The molecule has 3 unspecified atom stereocenters. The van der Waals surface area contributed by atoms with E-state index in [1.165, 1.54) is 19.4 Å². The highest BCUT2D eigenvalue weighted by molar-refractivity contribution is 7.80. The smallest absolute Gasteiger partial charge is 0.232 e. The van der Waals surface area contributed by atoms with Crippen molar-refractivity contribution in [2.75, 3.05) is 19.6 Å². The summed E-state index contributed by atoms with van der Waals surface area (Å²) in [6, 6.07) is 0.822. The van der Waals surface area contributed by atoms with Crippen molar-refractivity contribution in [1.29, 1.82) is 0 Å². The van der Waals surface area contributed by atoms with E-state index in [9.17, 15) is 4.79 Å². The molecule has 2 rings (SSSR count). The standard InChI is InChI=1S/C12H21N3OS/c1-8-6-14-5-3-4-10(14)7-15(8)12(16)9(2)11(13)17/h8-10H,3-7H2,1-2H3,(H2,13,17). The molecular formula is C12H21N3OS. The SMILES string of the molecule is CC(C(=O)N1CC2CCCN2CC1C)C(N)=S. The zero-order valence-electron chi connectivity index (χ0n) is 10.6. The van der Waals surface area contributed by atoms with Crippen LogP contribution in [0, 0.1) is 5.92 Å². The van der Waals surface area contributed by atoms with Crippen molar-refractivity contribution in [1.82, 2.24) is 9.80 Å². The Hall–Kier alpha value is -0.680. The number of thiocarbonyl (C=S) groups is 1. The number of nitrogens with zero attached hydrogens (tertiary/aromatic N) is 2. The van der Waals surface area contributed by atoms with Crippen molar-refractivity contribution in [3.05, 3.63) is 0 Å². The minimum atomic E-state index is -0.333. The van der Waals surface area contributed by atoms with Crippen LogP contribution in [0.5, 0.6) is 0 Å². The third kappa shape index (κ3) is 2.45. The van der Waals surface area contributed by atoms with Crippen molar-refractivity contribution in [2.24, 2.45) is 11.7 Å². The Morgan fingerprint density at radius 3 is 2.82 bits per heavy atom. The van der Waals surface area contributed by atoms with Gasteiger partial charge in [-0.25, -0.2) is 0 Å². The molecule has 0 aliphatic carbocycles. The molecule has 2 N–H and O–H groups in total. The van der Waals surface area contributed by atoms with Gasteiger partial charge in [-0.1, -0.05) is 12.2 Å². The topological polar surface area (TPSA) is 49.6 Å². The quantitative estimate of drug-likeness (QED) is 0.734. The molecule has 5 heteroatoms. The third-order valence-electron chi connectivity index (χ3n) is 4.02. The molecule has 2 aliphatic rings. The summed E-state index contributed by atoms with van der Waals surface area (Å²) in [5.74, 6) is -0.239. The maximum absolute atomic E-state index is 12.3. The molecular weight excluding hydrogens is 234 g/mol. The summed E-state index contributed by atoms with van der Waals surface area (Å²) in [6.45, 7) is 6.92. The number of nitrogens with two attached hydrogens (primary N) is 1. The second-order valence-corrected chi connectivity index (χ2v) is 5.73. The largest absolute Gasteiger partial charge is 0.393 e. The van der Waals surface area contributed by atoms with Crippen molar-refractivity contribution in [2.45, 2.75) is 38.8 Å². The number of carbonyl (C=O) groups excluding carboxylic acids is 1. The van der Waals surface area contributed by atoms with Crippen molar-refractivity contribution < 1.29 is 4.79 Å². The Morgan fingerprint density at radius 1 is 1.47 bits per heavy atom. The highest BCUT2D eigenvalue weighted by Gasteiger charge is 2.37. The maximum Gasteiger partial charge on any atom is 0.232 e. The van der Waals surface area contributed by atoms with Gasteiger partial charge in [-0.2, -0.15) is 0 Å². The summed E-state index contributed by atoms with van der Waals surface area (Å²) < 4.78 is 0. The van der Waals surface area contributed by atoms with E-state index in [2.05, 4.69) is 11.8 Å².